The van der Waals surface area contributed by atoms with Gasteiger partial charge in [0, 0.05) is 29.7 Å². The topological polar surface area (TPSA) is 165 Å². The Hall–Kier alpha value is -4.03. The molecule has 7 rings (SSSR count). The van der Waals surface area contributed by atoms with Crippen LogP contribution < -0.4 is 24.8 Å². The number of halogens is 4. The quantitative estimate of drug-likeness (QED) is 0.179. The number of benzene rings is 1. The SMILES string of the molecule is COc1ccc2nc(C)c3c(c2c1)[C@H](F)C[C@]1(C[C@H]2C(=O)N[C@]4(C(=O)NS(=O)(=O)C5(C)CC5)C[C@H]4/C=C\CCCCC[C@H](NCOC(C)(C)C(F)(F)F)C(=O)N2C1)O3. The lowest BCUT2D eigenvalue weighted by Gasteiger charge is -2.38. The van der Waals surface area contributed by atoms with E-state index < -0.39 is 86.3 Å². The number of allylic oxidation sites excluding steroid dienone is 1. The number of sulfonamides is 1. The lowest BCUT2D eigenvalue weighted by atomic mass is 9.86. The number of nitrogens with zero attached hydrogens (tertiary/aromatic N) is 2. The van der Waals surface area contributed by atoms with Gasteiger partial charge in [-0.15, -0.1) is 0 Å². The molecule has 13 nitrogen and oxygen atoms in total. The Morgan fingerprint density at radius 2 is 1.86 bits per heavy atom. The summed E-state index contributed by atoms with van der Waals surface area (Å²) in [6.45, 7) is 4.04. The van der Waals surface area contributed by atoms with Crippen LogP contribution in [0.4, 0.5) is 17.6 Å². The summed E-state index contributed by atoms with van der Waals surface area (Å²) in [5, 5.41) is 6.13. The third-order valence-electron chi connectivity index (χ3n) is 12.6. The van der Waals surface area contributed by atoms with Crippen LogP contribution in [0.25, 0.3) is 10.9 Å². The highest BCUT2D eigenvalue weighted by molar-refractivity contribution is 7.91. The van der Waals surface area contributed by atoms with Crippen molar-refractivity contribution in [2.45, 2.75) is 138 Å². The Bertz CT molecular complexity index is 2130. The van der Waals surface area contributed by atoms with E-state index in [2.05, 4.69) is 20.3 Å². The Morgan fingerprint density at radius 3 is 2.55 bits per heavy atom. The normalized spacial score (nSPS) is 30.5. The van der Waals surface area contributed by atoms with E-state index in [0.717, 1.165) is 13.8 Å². The monoisotopic (exact) mass is 837 g/mol. The van der Waals surface area contributed by atoms with Crippen LogP contribution in [0.3, 0.4) is 0 Å². The zero-order valence-electron chi connectivity index (χ0n) is 33.3. The Kier molecular flexibility index (Phi) is 10.8. The van der Waals surface area contributed by atoms with Crippen molar-refractivity contribution < 1.29 is 54.6 Å². The first-order chi connectivity index (χ1) is 27.1. The number of fused-ring (bicyclic) bond motifs is 5. The number of aromatic nitrogens is 1. The summed E-state index contributed by atoms with van der Waals surface area (Å²) < 4.78 is 103. The van der Waals surface area contributed by atoms with E-state index in [1.165, 1.54) is 18.9 Å². The minimum Gasteiger partial charge on any atom is -0.497 e. The molecule has 1 aromatic heterocycles. The minimum atomic E-state index is -4.70. The van der Waals surface area contributed by atoms with Crippen molar-refractivity contribution in [1.82, 2.24) is 25.2 Å². The highest BCUT2D eigenvalue weighted by Crippen LogP contribution is 2.52. The molecule has 3 amide bonds. The molecule has 0 radical (unpaired) electrons. The lowest BCUT2D eigenvalue weighted by molar-refractivity contribution is -0.265. The minimum absolute atomic E-state index is 0.105. The molecule has 3 fully saturated rings. The number of alkyl halides is 4. The molecule has 18 heteroatoms. The van der Waals surface area contributed by atoms with Gasteiger partial charge >= 0.3 is 6.18 Å². The van der Waals surface area contributed by atoms with E-state index >= 15 is 4.39 Å². The number of hydrogen-bond acceptors (Lipinski definition) is 10. The molecule has 2 aromatic rings. The van der Waals surface area contributed by atoms with Crippen molar-refractivity contribution in [1.29, 1.82) is 0 Å². The number of ether oxygens (including phenoxy) is 3. The predicted octanol–water partition coefficient (Wildman–Crippen LogP) is 5.35. The van der Waals surface area contributed by atoms with Crippen molar-refractivity contribution in [3.05, 3.63) is 41.6 Å². The van der Waals surface area contributed by atoms with Crippen LogP contribution in [0.15, 0.2) is 30.4 Å². The summed E-state index contributed by atoms with van der Waals surface area (Å²) in [6.07, 6.45) is 0.351. The molecule has 1 saturated heterocycles. The molecule has 0 unspecified atom stereocenters. The number of amides is 3. The molecule has 1 spiro atoms. The number of nitrogens with one attached hydrogen (secondary N) is 3. The molecule has 0 bridgehead atoms. The number of carbonyl (C=O) groups is 3. The van der Waals surface area contributed by atoms with Gasteiger partial charge in [0.1, 0.15) is 34.9 Å². The summed E-state index contributed by atoms with van der Waals surface area (Å²) in [5.41, 5.74) is -4.48. The fraction of sp³-hybridized carbons (Fsp3) is 0.650. The molecule has 1 aromatic carbocycles. The molecule has 2 aliphatic carbocycles. The fourth-order valence-corrected chi connectivity index (χ4v) is 9.61. The second-order valence-electron chi connectivity index (χ2n) is 17.2. The van der Waals surface area contributed by atoms with Crippen molar-refractivity contribution in [3.8, 4) is 11.5 Å². The van der Waals surface area contributed by atoms with Crippen LogP contribution in [0, 0.1) is 12.8 Å². The molecule has 4 heterocycles. The van der Waals surface area contributed by atoms with Crippen LogP contribution in [0.2, 0.25) is 0 Å². The van der Waals surface area contributed by atoms with Gasteiger partial charge in [-0.1, -0.05) is 25.0 Å². The van der Waals surface area contributed by atoms with Crippen molar-refractivity contribution >= 4 is 38.6 Å². The standard InChI is InChI=1S/C40H51F4N5O8S/c1-23-32-31(26-17-25(55-5)13-14-28(26)46-23)27(41)19-38(57-32)20-30-33(50)47-39(35(52)48-58(53,54)37(4)15-16-37)18-24(39)11-9-7-6-8-10-12-29(34(51)49(30)21-38)45-22-56-36(2,3)40(42,43)44/h9,11,13-14,17,24,27,29-30,45H,6-8,10,12,15-16,18-22H2,1-5H3,(H,47,50)(H,48,52)/b11-9-/t24-,27-,29+,30+,38-,39-/m1/s1. The number of rotatable bonds is 8. The van der Waals surface area contributed by atoms with Crippen molar-refractivity contribution in [2.24, 2.45) is 5.92 Å². The van der Waals surface area contributed by atoms with Crippen LogP contribution in [0.1, 0.15) is 102 Å². The first-order valence-electron chi connectivity index (χ1n) is 19.8. The first-order valence-corrected chi connectivity index (χ1v) is 21.2. The van der Waals surface area contributed by atoms with Gasteiger partial charge in [0.15, 0.2) is 5.60 Å². The molecule has 318 valence electrons. The van der Waals surface area contributed by atoms with Crippen molar-refractivity contribution in [3.63, 3.8) is 0 Å². The Labute approximate surface area is 335 Å². The highest BCUT2D eigenvalue weighted by atomic mass is 32.2. The predicted molar refractivity (Wildman–Crippen MR) is 204 cm³/mol. The number of hydrogen-bond donors (Lipinski definition) is 3. The van der Waals surface area contributed by atoms with E-state index in [9.17, 15) is 36.0 Å². The summed E-state index contributed by atoms with van der Waals surface area (Å²) in [5.74, 6) is -2.21. The smallest absolute Gasteiger partial charge is 0.416 e. The van der Waals surface area contributed by atoms with Gasteiger partial charge in [0.2, 0.25) is 21.8 Å². The molecule has 3 aliphatic heterocycles. The maximum absolute atomic E-state index is 16.8. The number of methoxy groups -OCH3 is 1. The molecule has 5 aliphatic rings. The van der Waals surface area contributed by atoms with E-state index in [1.54, 1.807) is 31.2 Å². The van der Waals surface area contributed by atoms with Crippen LogP contribution >= 0.6 is 0 Å². The third-order valence-corrected chi connectivity index (χ3v) is 14.8. The summed E-state index contributed by atoms with van der Waals surface area (Å²) >= 11 is 0. The van der Waals surface area contributed by atoms with E-state index in [0.29, 0.717) is 60.9 Å². The van der Waals surface area contributed by atoms with E-state index in [4.69, 9.17) is 14.2 Å². The Morgan fingerprint density at radius 1 is 1.12 bits per heavy atom. The third kappa shape index (κ3) is 7.75. The van der Waals surface area contributed by atoms with Crippen LogP contribution in [-0.2, 0) is 29.1 Å². The average Bonchev–Trinajstić information content (AvgIpc) is 4.04. The van der Waals surface area contributed by atoms with Crippen LogP contribution in [0.5, 0.6) is 11.5 Å². The summed E-state index contributed by atoms with van der Waals surface area (Å²) in [7, 11) is -2.59. The highest BCUT2D eigenvalue weighted by Gasteiger charge is 2.64. The second kappa shape index (κ2) is 14.9. The maximum Gasteiger partial charge on any atom is 0.416 e. The summed E-state index contributed by atoms with van der Waals surface area (Å²) in [4.78, 5) is 49.1. The van der Waals surface area contributed by atoms with E-state index in [-0.39, 0.29) is 43.5 Å². The van der Waals surface area contributed by atoms with Gasteiger partial charge in [-0.3, -0.25) is 24.4 Å². The number of carbonyl (C=O) groups excluding carboxylic acids is 3. The zero-order chi connectivity index (χ0) is 42.1. The second-order valence-corrected chi connectivity index (χ2v) is 19.4. The average molecular weight is 838 g/mol. The number of aryl methyl sites for hydroxylation is 1. The van der Waals surface area contributed by atoms with E-state index in [1.807, 2.05) is 6.08 Å². The molecule has 3 N–H and O–H groups in total. The maximum atomic E-state index is 16.8. The van der Waals surface area contributed by atoms with Crippen molar-refractivity contribution in [2.75, 3.05) is 20.4 Å². The molecular formula is C40H51F4N5O8S. The molecule has 58 heavy (non-hydrogen) atoms. The Balaban J connectivity index is 1.24. The summed E-state index contributed by atoms with van der Waals surface area (Å²) in [6, 6.07) is 2.63. The fourth-order valence-electron chi connectivity index (χ4n) is 8.30. The first kappa shape index (κ1) is 42.1. The molecule has 6 atom stereocenters. The molecule has 2 saturated carbocycles. The van der Waals surface area contributed by atoms with Gasteiger partial charge in [-0.25, -0.2) is 17.8 Å². The van der Waals surface area contributed by atoms with Gasteiger partial charge < -0.3 is 24.4 Å². The van der Waals surface area contributed by atoms with Gasteiger partial charge in [0.25, 0.3) is 5.91 Å². The lowest BCUT2D eigenvalue weighted by Crippen LogP contribution is -2.58. The zero-order valence-corrected chi connectivity index (χ0v) is 34.1. The van der Waals surface area contributed by atoms with Crippen LogP contribution in [-0.4, -0.2) is 96.2 Å². The largest absolute Gasteiger partial charge is 0.497 e. The number of pyridine rings is 1. The van der Waals surface area contributed by atoms with Gasteiger partial charge in [-0.2, -0.15) is 13.2 Å². The molecular weight excluding hydrogens is 787 g/mol. The van der Waals surface area contributed by atoms with Gasteiger partial charge in [-0.05, 0) is 84.4 Å². The van der Waals surface area contributed by atoms with Gasteiger partial charge in [0.05, 0.1) is 42.4 Å².